The van der Waals surface area contributed by atoms with Crippen molar-refractivity contribution in [1.29, 1.82) is 0 Å². The molecule has 2 nitrogen and oxygen atoms in total. The minimum atomic E-state index is 0.659. The second-order valence-electron chi connectivity index (χ2n) is 3.93. The molecule has 0 aliphatic rings. The van der Waals surface area contributed by atoms with Gasteiger partial charge in [0.2, 0.25) is 0 Å². The van der Waals surface area contributed by atoms with Crippen molar-refractivity contribution in [2.45, 2.75) is 20.3 Å². The van der Waals surface area contributed by atoms with Crippen molar-refractivity contribution in [3.8, 4) is 5.75 Å². The van der Waals surface area contributed by atoms with Crippen LogP contribution < -0.4 is 10.1 Å². The normalized spacial score (nSPS) is 11.7. The second kappa shape index (κ2) is 7.97. The van der Waals surface area contributed by atoms with Crippen LogP contribution in [0.2, 0.25) is 0 Å². The molecule has 1 rings (SSSR count). The van der Waals surface area contributed by atoms with Gasteiger partial charge in [0.05, 0.1) is 15.6 Å². The van der Waals surface area contributed by atoms with Crippen LogP contribution in [0.3, 0.4) is 0 Å². The van der Waals surface area contributed by atoms with Crippen LogP contribution in [0.25, 0.3) is 6.08 Å². The molecule has 0 amide bonds. The Morgan fingerprint density at radius 2 is 1.89 bits per heavy atom. The first-order chi connectivity index (χ1) is 8.62. The quantitative estimate of drug-likeness (QED) is 0.781. The van der Waals surface area contributed by atoms with E-state index in [1.165, 1.54) is 11.1 Å². The molecule has 0 aromatic heterocycles. The summed E-state index contributed by atoms with van der Waals surface area (Å²) in [5.41, 5.74) is 2.55. The van der Waals surface area contributed by atoms with Gasteiger partial charge < -0.3 is 10.1 Å². The van der Waals surface area contributed by atoms with Gasteiger partial charge in [0.1, 0.15) is 5.75 Å². The van der Waals surface area contributed by atoms with Gasteiger partial charge in [-0.2, -0.15) is 0 Å². The van der Waals surface area contributed by atoms with Crippen molar-refractivity contribution < 1.29 is 4.74 Å². The van der Waals surface area contributed by atoms with Crippen molar-refractivity contribution in [2.24, 2.45) is 0 Å². The van der Waals surface area contributed by atoms with Crippen molar-refractivity contribution in [2.75, 3.05) is 20.2 Å². The maximum atomic E-state index is 5.57. The van der Waals surface area contributed by atoms with Crippen LogP contribution in [-0.4, -0.2) is 20.2 Å². The van der Waals surface area contributed by atoms with Gasteiger partial charge in [0.25, 0.3) is 0 Å². The summed E-state index contributed by atoms with van der Waals surface area (Å²) in [6, 6.07) is 4.17. The predicted octanol–water partition coefficient (Wildman–Crippen LogP) is 4.62. The Hall–Kier alpha value is -0.320. The maximum Gasteiger partial charge on any atom is 0.147 e. The molecule has 1 aromatic rings. The van der Waals surface area contributed by atoms with E-state index in [2.05, 4.69) is 62.3 Å². The number of halogens is 2. The van der Waals surface area contributed by atoms with Crippen LogP contribution in [0, 0.1) is 0 Å². The Bertz CT molecular complexity index is 407. The number of hydrogen-bond donors (Lipinski definition) is 1. The number of ether oxygens (including phenoxy) is 1. The Balaban J connectivity index is 3.05. The lowest BCUT2D eigenvalue weighted by molar-refractivity contribution is 0.336. The molecule has 1 N–H and O–H groups in total. The molecule has 0 aliphatic heterocycles. The first-order valence-corrected chi connectivity index (χ1v) is 7.66. The van der Waals surface area contributed by atoms with Crippen LogP contribution >= 0.6 is 31.9 Å². The number of rotatable bonds is 6. The molecule has 0 radical (unpaired) electrons. The SMILES string of the molecule is CCOc1c(Br)cc(C=C(CC)CNC)cc1Br. The van der Waals surface area contributed by atoms with E-state index in [4.69, 9.17) is 4.74 Å². The minimum absolute atomic E-state index is 0.659. The molecular formula is C14H19Br2NO. The Morgan fingerprint density at radius 1 is 1.28 bits per heavy atom. The zero-order valence-corrected chi connectivity index (χ0v) is 14.2. The number of benzene rings is 1. The summed E-state index contributed by atoms with van der Waals surface area (Å²) in [5, 5.41) is 3.18. The molecule has 0 bridgehead atoms. The standard InChI is InChI=1S/C14H19Br2NO/c1-4-10(9-17-3)6-11-7-12(15)14(18-5-2)13(16)8-11/h6-8,17H,4-5,9H2,1-3H3. The van der Waals surface area contributed by atoms with Crippen molar-refractivity contribution >= 4 is 37.9 Å². The van der Waals surface area contributed by atoms with E-state index >= 15 is 0 Å². The van der Waals surface area contributed by atoms with Gasteiger partial charge in [-0.05, 0) is 69.9 Å². The zero-order chi connectivity index (χ0) is 13.5. The molecule has 0 aliphatic carbocycles. The van der Waals surface area contributed by atoms with Gasteiger partial charge in [0.15, 0.2) is 0 Å². The Morgan fingerprint density at radius 3 is 2.33 bits per heavy atom. The predicted molar refractivity (Wildman–Crippen MR) is 85.2 cm³/mol. The highest BCUT2D eigenvalue weighted by atomic mass is 79.9. The highest BCUT2D eigenvalue weighted by Gasteiger charge is 2.07. The monoisotopic (exact) mass is 375 g/mol. The summed E-state index contributed by atoms with van der Waals surface area (Å²) >= 11 is 7.10. The van der Waals surface area contributed by atoms with Crippen molar-refractivity contribution in [3.05, 3.63) is 32.2 Å². The topological polar surface area (TPSA) is 21.3 Å². The molecule has 0 fully saturated rings. The molecule has 0 atom stereocenters. The van der Waals surface area contributed by atoms with E-state index in [0.29, 0.717) is 6.61 Å². The van der Waals surface area contributed by atoms with Gasteiger partial charge in [0, 0.05) is 6.54 Å². The van der Waals surface area contributed by atoms with Crippen LogP contribution in [-0.2, 0) is 0 Å². The lowest BCUT2D eigenvalue weighted by Crippen LogP contribution is -2.09. The van der Waals surface area contributed by atoms with Gasteiger partial charge in [-0.1, -0.05) is 18.6 Å². The second-order valence-corrected chi connectivity index (χ2v) is 5.64. The number of hydrogen-bond acceptors (Lipinski definition) is 2. The van der Waals surface area contributed by atoms with Crippen LogP contribution in [0.1, 0.15) is 25.8 Å². The first-order valence-electron chi connectivity index (χ1n) is 6.08. The Kier molecular flexibility index (Phi) is 6.97. The molecule has 1 aromatic carbocycles. The highest BCUT2D eigenvalue weighted by molar-refractivity contribution is 9.11. The van der Waals surface area contributed by atoms with Gasteiger partial charge in [-0.15, -0.1) is 0 Å². The smallest absolute Gasteiger partial charge is 0.147 e. The van der Waals surface area contributed by atoms with E-state index < -0.39 is 0 Å². The van der Waals surface area contributed by atoms with Crippen molar-refractivity contribution in [3.63, 3.8) is 0 Å². The summed E-state index contributed by atoms with van der Waals surface area (Å²) < 4.78 is 7.53. The number of likely N-dealkylation sites (N-methyl/N-ethyl adjacent to an activating group) is 1. The average Bonchev–Trinajstić information content (AvgIpc) is 2.33. The van der Waals surface area contributed by atoms with Crippen LogP contribution in [0.5, 0.6) is 5.75 Å². The fourth-order valence-corrected chi connectivity index (χ4v) is 3.14. The van der Waals surface area contributed by atoms with E-state index in [1.807, 2.05) is 14.0 Å². The summed E-state index contributed by atoms with van der Waals surface area (Å²) in [5.74, 6) is 0.862. The largest absolute Gasteiger partial charge is 0.492 e. The van der Waals surface area contributed by atoms with E-state index in [1.54, 1.807) is 0 Å². The molecular weight excluding hydrogens is 358 g/mol. The van der Waals surface area contributed by atoms with E-state index in [9.17, 15) is 0 Å². The van der Waals surface area contributed by atoms with Crippen LogP contribution in [0.4, 0.5) is 0 Å². The molecule has 0 heterocycles. The molecule has 100 valence electrons. The van der Waals surface area contributed by atoms with Crippen molar-refractivity contribution in [1.82, 2.24) is 5.32 Å². The first kappa shape index (κ1) is 15.7. The van der Waals surface area contributed by atoms with Gasteiger partial charge in [-0.25, -0.2) is 0 Å². The third-order valence-corrected chi connectivity index (χ3v) is 3.72. The van der Waals surface area contributed by atoms with Gasteiger partial charge >= 0.3 is 0 Å². The van der Waals surface area contributed by atoms with E-state index in [-0.39, 0.29) is 0 Å². The molecule has 4 heteroatoms. The lowest BCUT2D eigenvalue weighted by Gasteiger charge is -2.10. The summed E-state index contributed by atoms with van der Waals surface area (Å²) in [4.78, 5) is 0. The molecule has 0 saturated carbocycles. The molecule has 0 unspecified atom stereocenters. The maximum absolute atomic E-state index is 5.57. The summed E-state index contributed by atoms with van der Waals surface area (Å²) in [7, 11) is 1.97. The zero-order valence-electron chi connectivity index (χ0n) is 11.0. The van der Waals surface area contributed by atoms with Gasteiger partial charge in [-0.3, -0.25) is 0 Å². The molecule has 18 heavy (non-hydrogen) atoms. The molecule has 0 saturated heterocycles. The third kappa shape index (κ3) is 4.41. The highest BCUT2D eigenvalue weighted by Crippen LogP contribution is 2.35. The Labute approximate surface area is 126 Å². The van der Waals surface area contributed by atoms with Crippen LogP contribution in [0.15, 0.2) is 26.7 Å². The molecule has 0 spiro atoms. The fraction of sp³-hybridized carbons (Fsp3) is 0.429. The summed E-state index contributed by atoms with van der Waals surface area (Å²) in [6.45, 7) is 5.72. The average molecular weight is 377 g/mol. The third-order valence-electron chi connectivity index (χ3n) is 2.54. The fourth-order valence-electron chi connectivity index (χ4n) is 1.69. The minimum Gasteiger partial charge on any atom is -0.492 e. The number of nitrogens with one attached hydrogen (secondary N) is 1. The lowest BCUT2D eigenvalue weighted by atomic mass is 10.1. The summed E-state index contributed by atoms with van der Waals surface area (Å²) in [6.07, 6.45) is 3.25. The van der Waals surface area contributed by atoms with E-state index in [0.717, 1.165) is 27.7 Å².